The summed E-state index contributed by atoms with van der Waals surface area (Å²) >= 11 is 0. The summed E-state index contributed by atoms with van der Waals surface area (Å²) in [6.07, 6.45) is 9.22. The molecular weight excluding hydrogens is 364 g/mol. The number of likely N-dealkylation sites (tertiary alicyclic amines) is 1. The minimum atomic E-state index is -0.0639. The van der Waals surface area contributed by atoms with E-state index in [0.29, 0.717) is 29.9 Å². The minimum absolute atomic E-state index is 0.0639. The summed E-state index contributed by atoms with van der Waals surface area (Å²) in [5, 5.41) is 2.89. The molecule has 1 saturated carbocycles. The van der Waals surface area contributed by atoms with E-state index in [9.17, 15) is 9.59 Å². The predicted octanol–water partition coefficient (Wildman–Crippen LogP) is 4.41. The van der Waals surface area contributed by atoms with Gasteiger partial charge < -0.3 is 15.0 Å². The summed E-state index contributed by atoms with van der Waals surface area (Å²) in [4.78, 5) is 26.8. The molecule has 1 saturated heterocycles. The second-order valence-electron chi connectivity index (χ2n) is 9.02. The van der Waals surface area contributed by atoms with Crippen LogP contribution in [0.15, 0.2) is 24.3 Å². The zero-order valence-corrected chi connectivity index (χ0v) is 18.0. The molecule has 1 aliphatic heterocycles. The molecule has 1 aliphatic carbocycles. The highest BCUT2D eigenvalue weighted by Gasteiger charge is 2.26. The summed E-state index contributed by atoms with van der Waals surface area (Å²) in [6, 6.07) is 7.42. The standard InChI is InChI=1S/C24H36N2O3/c1-18(2)25-24(28)21-10-12-22(13-11-21)29-17-20-9-6-14-26(16-20)23(27)15-19-7-4-3-5-8-19/h10-13,18-20H,3-9,14-17H2,1-2H3,(H,25,28)/t20-/m0/s1. The molecular formula is C24H36N2O3. The first-order valence-electron chi connectivity index (χ1n) is 11.3. The molecule has 1 aromatic rings. The van der Waals surface area contributed by atoms with Crippen molar-refractivity contribution in [2.75, 3.05) is 19.7 Å². The summed E-state index contributed by atoms with van der Waals surface area (Å²) in [5.41, 5.74) is 0.642. The fourth-order valence-electron chi connectivity index (χ4n) is 4.46. The minimum Gasteiger partial charge on any atom is -0.493 e. The first kappa shape index (κ1) is 21.7. The number of ether oxygens (including phenoxy) is 1. The fraction of sp³-hybridized carbons (Fsp3) is 0.667. The highest BCUT2D eigenvalue weighted by Crippen LogP contribution is 2.28. The first-order chi connectivity index (χ1) is 14.0. The molecule has 0 spiro atoms. The third kappa shape index (κ3) is 6.76. The van der Waals surface area contributed by atoms with Crippen molar-refractivity contribution in [2.45, 2.75) is 71.3 Å². The SMILES string of the molecule is CC(C)NC(=O)c1ccc(OC[C@H]2CCCN(C(=O)CC3CCCCC3)C2)cc1. The van der Waals surface area contributed by atoms with Crippen molar-refractivity contribution in [3.63, 3.8) is 0 Å². The van der Waals surface area contributed by atoms with E-state index in [1.54, 1.807) is 12.1 Å². The van der Waals surface area contributed by atoms with Crippen LogP contribution in [0.3, 0.4) is 0 Å². The Kier molecular flexibility index (Phi) is 7.96. The number of rotatable bonds is 7. The lowest BCUT2D eigenvalue weighted by Crippen LogP contribution is -2.42. The number of hydrogen-bond acceptors (Lipinski definition) is 3. The van der Waals surface area contributed by atoms with Crippen LogP contribution in [0.4, 0.5) is 0 Å². The maximum atomic E-state index is 12.7. The topological polar surface area (TPSA) is 58.6 Å². The zero-order valence-electron chi connectivity index (χ0n) is 18.0. The highest BCUT2D eigenvalue weighted by atomic mass is 16.5. The molecule has 5 heteroatoms. The van der Waals surface area contributed by atoms with Crippen molar-refractivity contribution in [1.82, 2.24) is 10.2 Å². The lowest BCUT2D eigenvalue weighted by molar-refractivity contribution is -0.134. The number of piperidine rings is 1. The van der Waals surface area contributed by atoms with Crippen molar-refractivity contribution in [2.24, 2.45) is 11.8 Å². The molecule has 2 fully saturated rings. The van der Waals surface area contributed by atoms with E-state index >= 15 is 0 Å². The number of amides is 2. The maximum absolute atomic E-state index is 12.7. The molecule has 0 aromatic heterocycles. The lowest BCUT2D eigenvalue weighted by Gasteiger charge is -2.34. The van der Waals surface area contributed by atoms with Gasteiger partial charge >= 0.3 is 0 Å². The van der Waals surface area contributed by atoms with Crippen molar-refractivity contribution >= 4 is 11.8 Å². The molecule has 29 heavy (non-hydrogen) atoms. The predicted molar refractivity (Wildman–Crippen MR) is 115 cm³/mol. The second-order valence-corrected chi connectivity index (χ2v) is 9.02. The molecule has 160 valence electrons. The lowest BCUT2D eigenvalue weighted by atomic mass is 9.86. The van der Waals surface area contributed by atoms with Gasteiger partial charge in [0.05, 0.1) is 6.61 Å². The molecule has 1 N–H and O–H groups in total. The molecule has 1 heterocycles. The Morgan fingerprint density at radius 2 is 1.72 bits per heavy atom. The van der Waals surface area contributed by atoms with Gasteiger partial charge in [-0.15, -0.1) is 0 Å². The fourth-order valence-corrected chi connectivity index (χ4v) is 4.46. The normalized spacial score (nSPS) is 20.5. The Balaban J connectivity index is 1.44. The Morgan fingerprint density at radius 3 is 2.41 bits per heavy atom. The van der Waals surface area contributed by atoms with Crippen LogP contribution < -0.4 is 10.1 Å². The van der Waals surface area contributed by atoms with E-state index in [1.165, 1.54) is 32.1 Å². The number of nitrogens with zero attached hydrogens (tertiary/aromatic N) is 1. The molecule has 1 atom stereocenters. The first-order valence-corrected chi connectivity index (χ1v) is 11.3. The Bertz CT molecular complexity index is 665. The van der Waals surface area contributed by atoms with Gasteiger partial charge in [0.15, 0.2) is 0 Å². The molecule has 3 rings (SSSR count). The second kappa shape index (κ2) is 10.7. The van der Waals surface area contributed by atoms with Gasteiger partial charge in [-0.2, -0.15) is 0 Å². The average Bonchev–Trinajstić information content (AvgIpc) is 2.73. The monoisotopic (exact) mass is 400 g/mol. The van der Waals surface area contributed by atoms with E-state index < -0.39 is 0 Å². The van der Waals surface area contributed by atoms with Crippen LogP contribution in [0.5, 0.6) is 5.75 Å². The van der Waals surface area contributed by atoms with Gasteiger partial charge in [0.1, 0.15) is 5.75 Å². The zero-order chi connectivity index (χ0) is 20.6. The van der Waals surface area contributed by atoms with E-state index in [4.69, 9.17) is 4.74 Å². The Hall–Kier alpha value is -2.04. The number of benzene rings is 1. The van der Waals surface area contributed by atoms with Gasteiger partial charge in [-0.05, 0) is 69.7 Å². The van der Waals surface area contributed by atoms with Crippen LogP contribution >= 0.6 is 0 Å². The summed E-state index contributed by atoms with van der Waals surface area (Å²) in [6.45, 7) is 6.21. The molecule has 0 bridgehead atoms. The van der Waals surface area contributed by atoms with Gasteiger partial charge in [-0.25, -0.2) is 0 Å². The molecule has 2 aliphatic rings. The third-order valence-corrected chi connectivity index (χ3v) is 6.08. The number of carbonyl (C=O) groups is 2. The maximum Gasteiger partial charge on any atom is 0.251 e. The van der Waals surface area contributed by atoms with Crippen molar-refractivity contribution in [1.29, 1.82) is 0 Å². The smallest absolute Gasteiger partial charge is 0.251 e. The van der Waals surface area contributed by atoms with Gasteiger partial charge in [0.25, 0.3) is 5.91 Å². The van der Waals surface area contributed by atoms with Gasteiger partial charge in [-0.1, -0.05) is 19.3 Å². The van der Waals surface area contributed by atoms with Crippen LogP contribution in [-0.2, 0) is 4.79 Å². The Morgan fingerprint density at radius 1 is 1.03 bits per heavy atom. The van der Waals surface area contributed by atoms with Gasteiger partial charge in [0.2, 0.25) is 5.91 Å². The summed E-state index contributed by atoms with van der Waals surface area (Å²) in [5.74, 6) is 2.02. The van der Waals surface area contributed by atoms with E-state index in [2.05, 4.69) is 10.2 Å². The largest absolute Gasteiger partial charge is 0.493 e. The average molecular weight is 401 g/mol. The van der Waals surface area contributed by atoms with Crippen molar-refractivity contribution < 1.29 is 14.3 Å². The van der Waals surface area contributed by atoms with Crippen LogP contribution in [0.1, 0.15) is 75.6 Å². The van der Waals surface area contributed by atoms with Crippen LogP contribution in [0.2, 0.25) is 0 Å². The summed E-state index contributed by atoms with van der Waals surface area (Å²) < 4.78 is 5.97. The van der Waals surface area contributed by atoms with Crippen LogP contribution in [0.25, 0.3) is 0 Å². The molecule has 2 amide bonds. The third-order valence-electron chi connectivity index (χ3n) is 6.08. The molecule has 5 nitrogen and oxygen atoms in total. The molecule has 0 unspecified atom stereocenters. The molecule has 1 aromatic carbocycles. The quantitative estimate of drug-likeness (QED) is 0.737. The highest BCUT2D eigenvalue weighted by molar-refractivity contribution is 5.94. The number of carbonyl (C=O) groups excluding carboxylic acids is 2. The van der Waals surface area contributed by atoms with Crippen LogP contribution in [0, 0.1) is 11.8 Å². The number of hydrogen-bond donors (Lipinski definition) is 1. The summed E-state index contributed by atoms with van der Waals surface area (Å²) in [7, 11) is 0. The van der Waals surface area contributed by atoms with Crippen LogP contribution in [-0.4, -0.2) is 42.5 Å². The van der Waals surface area contributed by atoms with Crippen molar-refractivity contribution in [3.05, 3.63) is 29.8 Å². The van der Waals surface area contributed by atoms with E-state index in [0.717, 1.165) is 38.1 Å². The van der Waals surface area contributed by atoms with Gasteiger partial charge in [0, 0.05) is 37.0 Å². The number of nitrogens with one attached hydrogen (secondary N) is 1. The van der Waals surface area contributed by atoms with Gasteiger partial charge in [-0.3, -0.25) is 9.59 Å². The van der Waals surface area contributed by atoms with E-state index in [-0.39, 0.29) is 11.9 Å². The van der Waals surface area contributed by atoms with E-state index in [1.807, 2.05) is 26.0 Å². The van der Waals surface area contributed by atoms with Crippen molar-refractivity contribution in [3.8, 4) is 5.75 Å². The molecule has 0 radical (unpaired) electrons. The Labute approximate surface area is 175 Å².